The molecule has 6 nitrogen and oxygen atoms in total. The van der Waals surface area contributed by atoms with Crippen LogP contribution in [-0.4, -0.2) is 54.8 Å². The molecule has 2 unspecified atom stereocenters. The molecule has 158 valence electrons. The highest BCUT2D eigenvalue weighted by atomic mass is 16.5. The third kappa shape index (κ3) is 7.66. The quantitative estimate of drug-likeness (QED) is 0.487. The van der Waals surface area contributed by atoms with Gasteiger partial charge in [-0.1, -0.05) is 13.8 Å². The molecule has 28 heavy (non-hydrogen) atoms. The summed E-state index contributed by atoms with van der Waals surface area (Å²) >= 11 is 0. The Balaban J connectivity index is 1.96. The number of rotatable bonds is 10. The molecule has 0 aliphatic carbocycles. The minimum Gasteiger partial charge on any atom is -0.475 e. The van der Waals surface area contributed by atoms with Gasteiger partial charge in [0.1, 0.15) is 0 Å². The summed E-state index contributed by atoms with van der Waals surface area (Å²) in [7, 11) is 0. The van der Waals surface area contributed by atoms with Crippen molar-refractivity contribution in [1.82, 2.24) is 15.2 Å². The van der Waals surface area contributed by atoms with Crippen LogP contribution in [0.15, 0.2) is 23.3 Å². The van der Waals surface area contributed by atoms with E-state index in [-0.39, 0.29) is 6.10 Å². The van der Waals surface area contributed by atoms with E-state index in [9.17, 15) is 0 Å². The fraction of sp³-hybridized carbons (Fsp3) is 0.727. The Kier molecular flexibility index (Phi) is 9.55. The Hall–Kier alpha value is -1.82. The van der Waals surface area contributed by atoms with Crippen LogP contribution in [0.1, 0.15) is 53.0 Å². The van der Waals surface area contributed by atoms with Crippen molar-refractivity contribution in [2.45, 2.75) is 60.1 Å². The Morgan fingerprint density at radius 1 is 1.36 bits per heavy atom. The Labute approximate surface area is 170 Å². The van der Waals surface area contributed by atoms with Crippen LogP contribution in [0.5, 0.6) is 5.88 Å². The first kappa shape index (κ1) is 22.5. The van der Waals surface area contributed by atoms with E-state index in [1.807, 2.05) is 18.3 Å². The number of pyridine rings is 1. The number of aliphatic imine (C=N–C) groups is 1. The van der Waals surface area contributed by atoms with Gasteiger partial charge in [-0.2, -0.15) is 0 Å². The molecule has 0 bridgehead atoms. The second-order valence-electron chi connectivity index (χ2n) is 7.99. The second-order valence-corrected chi connectivity index (χ2v) is 7.99. The maximum Gasteiger partial charge on any atom is 0.213 e. The van der Waals surface area contributed by atoms with Crippen LogP contribution in [0.3, 0.4) is 0 Å². The lowest BCUT2D eigenvalue weighted by Crippen LogP contribution is -2.40. The summed E-state index contributed by atoms with van der Waals surface area (Å²) in [6.45, 7) is 15.8. The predicted molar refractivity (Wildman–Crippen MR) is 115 cm³/mol. The van der Waals surface area contributed by atoms with E-state index in [0.29, 0.717) is 24.3 Å². The summed E-state index contributed by atoms with van der Waals surface area (Å²) in [5, 5.41) is 3.43. The smallest absolute Gasteiger partial charge is 0.213 e. The zero-order valence-corrected chi connectivity index (χ0v) is 18.3. The Morgan fingerprint density at radius 3 is 2.89 bits per heavy atom. The van der Waals surface area contributed by atoms with E-state index in [2.05, 4.69) is 49.8 Å². The minimum absolute atomic E-state index is 0.162. The van der Waals surface area contributed by atoms with Crippen molar-refractivity contribution >= 4 is 5.96 Å². The van der Waals surface area contributed by atoms with Gasteiger partial charge in [0.2, 0.25) is 5.88 Å². The molecule has 1 N–H and O–H groups in total. The number of nitrogens with zero attached hydrogens (tertiary/aromatic N) is 3. The number of hydrogen-bond donors (Lipinski definition) is 1. The first-order chi connectivity index (χ1) is 13.5. The minimum atomic E-state index is 0.162. The molecule has 0 radical (unpaired) electrons. The average Bonchev–Trinajstić information content (AvgIpc) is 3.11. The van der Waals surface area contributed by atoms with Gasteiger partial charge in [-0.15, -0.1) is 0 Å². The van der Waals surface area contributed by atoms with Crippen molar-refractivity contribution < 1.29 is 9.47 Å². The van der Waals surface area contributed by atoms with Crippen LogP contribution in [0.4, 0.5) is 0 Å². The Morgan fingerprint density at radius 2 is 2.18 bits per heavy atom. The lowest BCUT2D eigenvalue weighted by molar-refractivity contribution is 0.114. The topological polar surface area (TPSA) is 59.0 Å². The molecule has 0 saturated carbocycles. The first-order valence-electron chi connectivity index (χ1n) is 10.7. The molecule has 1 saturated heterocycles. The van der Waals surface area contributed by atoms with Crippen molar-refractivity contribution in [2.24, 2.45) is 16.8 Å². The zero-order chi connectivity index (χ0) is 20.4. The number of hydrogen-bond acceptors (Lipinski definition) is 4. The monoisotopic (exact) mass is 390 g/mol. The van der Waals surface area contributed by atoms with Gasteiger partial charge >= 0.3 is 0 Å². The van der Waals surface area contributed by atoms with Crippen molar-refractivity contribution in [2.75, 3.05) is 32.8 Å². The molecule has 1 aromatic rings. The van der Waals surface area contributed by atoms with Gasteiger partial charge in [0.15, 0.2) is 5.96 Å². The molecule has 1 fully saturated rings. The molecule has 0 spiro atoms. The van der Waals surface area contributed by atoms with E-state index in [4.69, 9.17) is 14.5 Å². The van der Waals surface area contributed by atoms with Crippen LogP contribution in [-0.2, 0) is 11.3 Å². The summed E-state index contributed by atoms with van der Waals surface area (Å²) in [5.74, 6) is 2.86. The summed E-state index contributed by atoms with van der Waals surface area (Å²) in [5.41, 5.74) is 1.11. The molecule has 0 aromatic carbocycles. The van der Waals surface area contributed by atoms with E-state index >= 15 is 0 Å². The first-order valence-corrected chi connectivity index (χ1v) is 10.7. The van der Waals surface area contributed by atoms with E-state index in [0.717, 1.165) is 57.2 Å². The molecule has 2 heterocycles. The highest BCUT2D eigenvalue weighted by molar-refractivity contribution is 5.80. The van der Waals surface area contributed by atoms with E-state index in [1.165, 1.54) is 0 Å². The summed E-state index contributed by atoms with van der Waals surface area (Å²) < 4.78 is 11.6. The molecule has 1 aliphatic rings. The highest BCUT2D eigenvalue weighted by Crippen LogP contribution is 2.18. The van der Waals surface area contributed by atoms with Crippen LogP contribution in [0.2, 0.25) is 0 Å². The normalized spacial score (nSPS) is 18.6. The Bertz CT molecular complexity index is 606. The van der Waals surface area contributed by atoms with Gasteiger partial charge < -0.3 is 19.7 Å². The number of likely N-dealkylation sites (tertiary alicyclic amines) is 1. The summed E-state index contributed by atoms with van der Waals surface area (Å²) in [4.78, 5) is 11.6. The van der Waals surface area contributed by atoms with Crippen molar-refractivity contribution in [3.63, 3.8) is 0 Å². The summed E-state index contributed by atoms with van der Waals surface area (Å²) in [6.07, 6.45) is 4.15. The lowest BCUT2D eigenvalue weighted by atomic mass is 10.1. The van der Waals surface area contributed by atoms with Gasteiger partial charge in [0.05, 0.1) is 19.3 Å². The SMILES string of the molecule is CCNC(=NCc1ccnc(OC(C)CC(C)C)c1)N1CCC(COCC)C1. The fourth-order valence-corrected chi connectivity index (χ4v) is 3.57. The molecule has 6 heteroatoms. The molecule has 0 amide bonds. The van der Waals surface area contributed by atoms with Gasteiger partial charge in [-0.25, -0.2) is 9.98 Å². The molecular formula is C22H38N4O2. The van der Waals surface area contributed by atoms with Gasteiger partial charge in [0.25, 0.3) is 0 Å². The number of nitrogens with one attached hydrogen (secondary N) is 1. The molecular weight excluding hydrogens is 352 g/mol. The van der Waals surface area contributed by atoms with Crippen LogP contribution >= 0.6 is 0 Å². The van der Waals surface area contributed by atoms with Gasteiger partial charge in [0, 0.05) is 44.4 Å². The van der Waals surface area contributed by atoms with Crippen molar-refractivity contribution in [3.05, 3.63) is 23.9 Å². The fourth-order valence-electron chi connectivity index (χ4n) is 3.57. The van der Waals surface area contributed by atoms with Crippen LogP contribution < -0.4 is 10.1 Å². The molecule has 1 aliphatic heterocycles. The van der Waals surface area contributed by atoms with Crippen LogP contribution in [0, 0.1) is 11.8 Å². The second kappa shape index (κ2) is 11.9. The predicted octanol–water partition coefficient (Wildman–Crippen LogP) is 3.72. The number of ether oxygens (including phenoxy) is 2. The molecule has 2 atom stereocenters. The lowest BCUT2D eigenvalue weighted by Gasteiger charge is -2.21. The van der Waals surface area contributed by atoms with Gasteiger partial charge in [-0.05, 0) is 51.2 Å². The third-order valence-electron chi connectivity index (χ3n) is 4.81. The van der Waals surface area contributed by atoms with Gasteiger partial charge in [-0.3, -0.25) is 0 Å². The largest absolute Gasteiger partial charge is 0.475 e. The average molecular weight is 391 g/mol. The number of aromatic nitrogens is 1. The number of guanidine groups is 1. The van der Waals surface area contributed by atoms with E-state index in [1.54, 1.807) is 0 Å². The maximum absolute atomic E-state index is 5.97. The molecule has 2 rings (SSSR count). The maximum atomic E-state index is 5.97. The van der Waals surface area contributed by atoms with Crippen LogP contribution in [0.25, 0.3) is 0 Å². The van der Waals surface area contributed by atoms with Crippen molar-refractivity contribution in [1.29, 1.82) is 0 Å². The summed E-state index contributed by atoms with van der Waals surface area (Å²) in [6, 6.07) is 4.01. The third-order valence-corrected chi connectivity index (χ3v) is 4.81. The van der Waals surface area contributed by atoms with E-state index < -0.39 is 0 Å². The highest BCUT2D eigenvalue weighted by Gasteiger charge is 2.24. The zero-order valence-electron chi connectivity index (χ0n) is 18.3. The standard InChI is InChI=1S/C22H38N4O2/c1-6-23-22(26-11-9-20(15-26)16-27-7-2)25-14-19-8-10-24-21(13-19)28-18(5)12-17(3)4/h8,10,13,17-18,20H,6-7,9,11-12,14-16H2,1-5H3,(H,23,25). The molecule has 1 aromatic heterocycles. The van der Waals surface area contributed by atoms with Crippen molar-refractivity contribution in [3.8, 4) is 5.88 Å².